The second kappa shape index (κ2) is 6.45. The highest BCUT2D eigenvalue weighted by Gasteiger charge is 2.17. The zero-order chi connectivity index (χ0) is 13.7. The van der Waals surface area contributed by atoms with Crippen LogP contribution in [0.4, 0.5) is 5.69 Å². The number of hydrogen-bond donors (Lipinski definition) is 2. The van der Waals surface area contributed by atoms with Crippen LogP contribution in [0.1, 0.15) is 23.7 Å². The van der Waals surface area contributed by atoms with Crippen molar-refractivity contribution in [1.82, 2.24) is 5.32 Å². The Labute approximate surface area is 112 Å². The van der Waals surface area contributed by atoms with Gasteiger partial charge in [0, 0.05) is 24.3 Å². The largest absolute Gasteiger partial charge is 0.375 e. The van der Waals surface area contributed by atoms with E-state index in [0.717, 1.165) is 6.54 Å². The molecule has 0 bridgehead atoms. The number of ether oxygens (including phenoxy) is 1. The Hall–Kier alpha value is -1.72. The first-order valence-corrected chi connectivity index (χ1v) is 6.38. The Morgan fingerprint density at radius 1 is 1.37 bits per heavy atom. The number of hydrogen-bond acceptors (Lipinski definition) is 4. The third kappa shape index (κ3) is 4.15. The molecule has 102 valence electrons. The molecular weight excluding hydrogens is 244 g/mol. The van der Waals surface area contributed by atoms with Gasteiger partial charge in [0.1, 0.15) is 0 Å². The van der Waals surface area contributed by atoms with Crippen LogP contribution in [0.2, 0.25) is 0 Å². The molecular formula is C14H18N2O3. The number of benzene rings is 1. The summed E-state index contributed by atoms with van der Waals surface area (Å²) in [7, 11) is 0. The van der Waals surface area contributed by atoms with Crippen LogP contribution in [0.5, 0.6) is 0 Å². The number of rotatable bonds is 4. The van der Waals surface area contributed by atoms with Crippen LogP contribution in [0.25, 0.3) is 0 Å². The molecule has 1 heterocycles. The van der Waals surface area contributed by atoms with E-state index in [0.29, 0.717) is 30.8 Å². The van der Waals surface area contributed by atoms with Gasteiger partial charge in [-0.3, -0.25) is 9.59 Å². The van der Waals surface area contributed by atoms with Gasteiger partial charge in [0.2, 0.25) is 5.91 Å². The molecule has 19 heavy (non-hydrogen) atoms. The number of anilines is 1. The Morgan fingerprint density at radius 2 is 2.11 bits per heavy atom. The molecule has 1 aliphatic heterocycles. The van der Waals surface area contributed by atoms with E-state index in [9.17, 15) is 9.59 Å². The summed E-state index contributed by atoms with van der Waals surface area (Å²) >= 11 is 0. The first-order chi connectivity index (χ1) is 9.15. The highest BCUT2D eigenvalue weighted by molar-refractivity contribution is 5.95. The van der Waals surface area contributed by atoms with Gasteiger partial charge >= 0.3 is 0 Å². The molecule has 0 aliphatic carbocycles. The van der Waals surface area contributed by atoms with Crippen molar-refractivity contribution < 1.29 is 14.3 Å². The van der Waals surface area contributed by atoms with Gasteiger partial charge in [-0.25, -0.2) is 0 Å². The van der Waals surface area contributed by atoms with Gasteiger partial charge in [0.15, 0.2) is 5.78 Å². The van der Waals surface area contributed by atoms with E-state index >= 15 is 0 Å². The molecule has 2 rings (SSSR count). The summed E-state index contributed by atoms with van der Waals surface area (Å²) in [4.78, 5) is 22.9. The fourth-order valence-corrected chi connectivity index (χ4v) is 1.96. The topological polar surface area (TPSA) is 67.4 Å². The number of Topliss-reactive ketones (excluding diaryl/α,β-unsaturated/α-hetero) is 1. The molecule has 1 saturated heterocycles. The summed E-state index contributed by atoms with van der Waals surface area (Å²) < 4.78 is 5.47. The standard InChI is InChI=1S/C14H18N2O3/c1-10(17)11-2-4-12(5-3-11)16-14(18)8-13-9-15-6-7-19-13/h2-5,13,15H,6-9H2,1H3,(H,16,18). The van der Waals surface area contributed by atoms with Gasteiger partial charge < -0.3 is 15.4 Å². The molecule has 1 amide bonds. The molecule has 1 unspecified atom stereocenters. The Morgan fingerprint density at radius 3 is 2.68 bits per heavy atom. The fourth-order valence-electron chi connectivity index (χ4n) is 1.96. The molecule has 5 heteroatoms. The molecule has 0 spiro atoms. The van der Waals surface area contributed by atoms with Crippen molar-refractivity contribution in [2.45, 2.75) is 19.4 Å². The van der Waals surface area contributed by atoms with Crippen molar-refractivity contribution in [1.29, 1.82) is 0 Å². The highest BCUT2D eigenvalue weighted by atomic mass is 16.5. The van der Waals surface area contributed by atoms with E-state index in [1.54, 1.807) is 24.3 Å². The van der Waals surface area contributed by atoms with Crippen molar-refractivity contribution in [2.75, 3.05) is 25.0 Å². The van der Waals surface area contributed by atoms with Crippen LogP contribution >= 0.6 is 0 Å². The first-order valence-electron chi connectivity index (χ1n) is 6.38. The highest BCUT2D eigenvalue weighted by Crippen LogP contribution is 2.11. The molecule has 1 atom stereocenters. The van der Waals surface area contributed by atoms with Gasteiger partial charge in [0.05, 0.1) is 19.1 Å². The monoisotopic (exact) mass is 262 g/mol. The third-order valence-electron chi connectivity index (χ3n) is 2.99. The molecule has 1 fully saturated rings. The van der Waals surface area contributed by atoms with Gasteiger partial charge in [-0.15, -0.1) is 0 Å². The van der Waals surface area contributed by atoms with Crippen molar-refractivity contribution in [3.8, 4) is 0 Å². The Kier molecular flexibility index (Phi) is 4.65. The lowest BCUT2D eigenvalue weighted by Crippen LogP contribution is -2.40. The first kappa shape index (κ1) is 13.7. The van der Waals surface area contributed by atoms with E-state index in [4.69, 9.17) is 4.74 Å². The molecule has 1 aliphatic rings. The number of nitrogens with one attached hydrogen (secondary N) is 2. The van der Waals surface area contributed by atoms with Crippen LogP contribution in [0.3, 0.4) is 0 Å². The molecule has 1 aromatic carbocycles. The van der Waals surface area contributed by atoms with E-state index in [-0.39, 0.29) is 17.8 Å². The third-order valence-corrected chi connectivity index (χ3v) is 2.99. The molecule has 0 saturated carbocycles. The van der Waals surface area contributed by atoms with E-state index in [1.165, 1.54) is 6.92 Å². The summed E-state index contributed by atoms with van der Waals surface area (Å²) in [5.41, 5.74) is 1.33. The molecule has 5 nitrogen and oxygen atoms in total. The smallest absolute Gasteiger partial charge is 0.227 e. The summed E-state index contributed by atoms with van der Waals surface area (Å²) in [5.74, 6) is -0.0659. The lowest BCUT2D eigenvalue weighted by atomic mass is 10.1. The van der Waals surface area contributed by atoms with Crippen LogP contribution < -0.4 is 10.6 Å². The van der Waals surface area contributed by atoms with E-state index < -0.39 is 0 Å². The summed E-state index contributed by atoms with van der Waals surface area (Å²) in [6.07, 6.45) is 0.270. The SMILES string of the molecule is CC(=O)c1ccc(NC(=O)CC2CNCCO2)cc1. The van der Waals surface area contributed by atoms with Crippen LogP contribution in [-0.4, -0.2) is 37.5 Å². The number of carbonyl (C=O) groups is 2. The van der Waals surface area contributed by atoms with Crippen molar-refractivity contribution in [3.63, 3.8) is 0 Å². The minimum absolute atomic E-state index is 0.0135. The molecule has 2 N–H and O–H groups in total. The quantitative estimate of drug-likeness (QED) is 0.800. The summed E-state index contributed by atoms with van der Waals surface area (Å²) in [5, 5.41) is 5.98. The van der Waals surface area contributed by atoms with E-state index in [2.05, 4.69) is 10.6 Å². The fraction of sp³-hybridized carbons (Fsp3) is 0.429. The Bertz CT molecular complexity index is 450. The molecule has 0 aromatic heterocycles. The second-order valence-corrected chi connectivity index (χ2v) is 4.58. The average molecular weight is 262 g/mol. The predicted molar refractivity (Wildman–Crippen MR) is 72.3 cm³/mol. The summed E-state index contributed by atoms with van der Waals surface area (Å²) in [6.45, 7) is 3.70. The zero-order valence-electron chi connectivity index (χ0n) is 10.9. The second-order valence-electron chi connectivity index (χ2n) is 4.58. The maximum absolute atomic E-state index is 11.8. The zero-order valence-corrected chi connectivity index (χ0v) is 10.9. The van der Waals surface area contributed by atoms with Gasteiger partial charge in [-0.2, -0.15) is 0 Å². The van der Waals surface area contributed by atoms with Crippen molar-refractivity contribution in [3.05, 3.63) is 29.8 Å². The number of amides is 1. The van der Waals surface area contributed by atoms with Gasteiger partial charge in [-0.1, -0.05) is 0 Å². The Balaban J connectivity index is 1.85. The van der Waals surface area contributed by atoms with Gasteiger partial charge in [-0.05, 0) is 31.2 Å². The van der Waals surface area contributed by atoms with Crippen LogP contribution in [-0.2, 0) is 9.53 Å². The van der Waals surface area contributed by atoms with Crippen molar-refractivity contribution in [2.24, 2.45) is 0 Å². The van der Waals surface area contributed by atoms with Crippen molar-refractivity contribution >= 4 is 17.4 Å². The number of carbonyl (C=O) groups excluding carboxylic acids is 2. The maximum Gasteiger partial charge on any atom is 0.227 e. The van der Waals surface area contributed by atoms with E-state index in [1.807, 2.05) is 0 Å². The minimum atomic E-state index is -0.0794. The lowest BCUT2D eigenvalue weighted by molar-refractivity contribution is -0.119. The molecule has 1 aromatic rings. The average Bonchev–Trinajstić information content (AvgIpc) is 2.40. The van der Waals surface area contributed by atoms with Crippen LogP contribution in [0.15, 0.2) is 24.3 Å². The normalized spacial score (nSPS) is 18.9. The molecule has 0 radical (unpaired) electrons. The maximum atomic E-state index is 11.8. The predicted octanol–water partition coefficient (Wildman–Crippen LogP) is 1.21. The van der Waals surface area contributed by atoms with Crippen LogP contribution in [0, 0.1) is 0 Å². The number of morpholine rings is 1. The van der Waals surface area contributed by atoms with Gasteiger partial charge in [0.25, 0.3) is 0 Å². The minimum Gasteiger partial charge on any atom is -0.375 e. The lowest BCUT2D eigenvalue weighted by Gasteiger charge is -2.23. The number of ketones is 1. The summed E-state index contributed by atoms with van der Waals surface area (Å²) in [6, 6.07) is 6.87.